The molecule has 23 heavy (non-hydrogen) atoms. The van der Waals surface area contributed by atoms with Crippen molar-refractivity contribution in [2.75, 3.05) is 11.1 Å². The Morgan fingerprint density at radius 1 is 1.35 bits per heavy atom. The number of non-ortho nitro benzene ring substituents is 1. The molecule has 1 N–H and O–H groups in total. The molecule has 0 saturated carbocycles. The molecule has 0 heterocycles. The number of hydrogen-bond donors (Lipinski definition) is 1. The fourth-order valence-corrected chi connectivity index (χ4v) is 2.48. The number of nitrogens with one attached hydrogen (secondary N) is 1. The Morgan fingerprint density at radius 2 is 2.09 bits per heavy atom. The summed E-state index contributed by atoms with van der Waals surface area (Å²) in [6, 6.07) is 11.4. The van der Waals surface area contributed by atoms with Crippen molar-refractivity contribution in [2.45, 2.75) is 4.90 Å². The van der Waals surface area contributed by atoms with Crippen molar-refractivity contribution in [3.05, 3.63) is 64.0 Å². The van der Waals surface area contributed by atoms with Crippen molar-refractivity contribution in [1.82, 2.24) is 0 Å². The Morgan fingerprint density at radius 3 is 2.74 bits per heavy atom. The molecule has 0 atom stereocenters. The molecular formula is C15H10FN3O3S. The van der Waals surface area contributed by atoms with E-state index >= 15 is 0 Å². The van der Waals surface area contributed by atoms with Gasteiger partial charge in [-0.2, -0.15) is 5.26 Å². The molecule has 0 aromatic heterocycles. The summed E-state index contributed by atoms with van der Waals surface area (Å²) in [5.74, 6) is -0.912. The maximum absolute atomic E-state index is 13.4. The molecule has 0 bridgehead atoms. The lowest BCUT2D eigenvalue weighted by Gasteiger charge is -2.07. The van der Waals surface area contributed by atoms with E-state index in [0.29, 0.717) is 4.90 Å². The topological polar surface area (TPSA) is 96.0 Å². The van der Waals surface area contributed by atoms with Crippen molar-refractivity contribution in [3.8, 4) is 6.07 Å². The maximum Gasteiger partial charge on any atom is 0.270 e. The molecule has 0 aliphatic heterocycles. The predicted molar refractivity (Wildman–Crippen MR) is 83.6 cm³/mol. The molecular weight excluding hydrogens is 321 g/mol. The Bertz CT molecular complexity index is 805. The lowest BCUT2D eigenvalue weighted by atomic mass is 10.1. The third kappa shape index (κ3) is 4.28. The normalized spacial score (nSPS) is 9.91. The second kappa shape index (κ2) is 7.38. The van der Waals surface area contributed by atoms with E-state index in [1.807, 2.05) is 0 Å². The smallest absolute Gasteiger partial charge is 0.270 e. The molecule has 0 aliphatic rings. The van der Waals surface area contributed by atoms with Crippen LogP contribution in [-0.2, 0) is 4.79 Å². The highest BCUT2D eigenvalue weighted by Crippen LogP contribution is 2.23. The van der Waals surface area contributed by atoms with Crippen LogP contribution in [0.25, 0.3) is 0 Å². The summed E-state index contributed by atoms with van der Waals surface area (Å²) in [5.41, 5.74) is -0.0686. The fraction of sp³-hybridized carbons (Fsp3) is 0.0667. The number of nitro groups is 1. The average molecular weight is 331 g/mol. The Hall–Kier alpha value is -2.92. The van der Waals surface area contributed by atoms with Gasteiger partial charge in [0.1, 0.15) is 11.9 Å². The van der Waals surface area contributed by atoms with Gasteiger partial charge in [-0.3, -0.25) is 14.9 Å². The van der Waals surface area contributed by atoms with Gasteiger partial charge in [-0.25, -0.2) is 4.39 Å². The highest BCUT2D eigenvalue weighted by molar-refractivity contribution is 8.00. The van der Waals surface area contributed by atoms with Gasteiger partial charge < -0.3 is 5.32 Å². The lowest BCUT2D eigenvalue weighted by Crippen LogP contribution is -2.15. The van der Waals surface area contributed by atoms with E-state index < -0.39 is 16.6 Å². The number of halogens is 1. The zero-order valence-corrected chi connectivity index (χ0v) is 12.5. The van der Waals surface area contributed by atoms with Gasteiger partial charge in [0, 0.05) is 17.0 Å². The summed E-state index contributed by atoms with van der Waals surface area (Å²) in [5, 5.41) is 22.2. The standard InChI is InChI=1S/C15H10FN3O3S/c16-12-3-1-2-4-14(12)23-9-15(20)18-13-6-5-11(19(21)22)7-10(13)8-17/h1-7H,9H2,(H,18,20). The second-order valence-electron chi connectivity index (χ2n) is 4.37. The number of amides is 1. The van der Waals surface area contributed by atoms with Crippen LogP contribution in [0.3, 0.4) is 0 Å². The number of nitrogens with zero attached hydrogens (tertiary/aromatic N) is 2. The second-order valence-corrected chi connectivity index (χ2v) is 5.38. The SMILES string of the molecule is N#Cc1cc([N+](=O)[O-])ccc1NC(=O)CSc1ccccc1F. The van der Waals surface area contributed by atoms with E-state index in [4.69, 9.17) is 5.26 Å². The minimum absolute atomic E-state index is 0.0107. The van der Waals surface area contributed by atoms with Gasteiger partial charge in [-0.15, -0.1) is 11.8 Å². The molecule has 0 aliphatic carbocycles. The minimum atomic E-state index is -0.625. The van der Waals surface area contributed by atoms with Gasteiger partial charge in [-0.1, -0.05) is 12.1 Å². The molecule has 0 saturated heterocycles. The highest BCUT2D eigenvalue weighted by Gasteiger charge is 2.13. The molecule has 0 radical (unpaired) electrons. The first-order valence-electron chi connectivity index (χ1n) is 6.37. The number of nitro benzene ring substituents is 1. The first-order chi connectivity index (χ1) is 11.0. The third-order valence-corrected chi connectivity index (χ3v) is 3.85. The minimum Gasteiger partial charge on any atom is -0.324 e. The summed E-state index contributed by atoms with van der Waals surface area (Å²) < 4.78 is 13.4. The van der Waals surface area contributed by atoms with Crippen molar-refractivity contribution < 1.29 is 14.1 Å². The van der Waals surface area contributed by atoms with E-state index in [9.17, 15) is 19.3 Å². The molecule has 1 amide bonds. The molecule has 2 rings (SSSR count). The van der Waals surface area contributed by atoms with E-state index in [0.717, 1.165) is 17.8 Å². The molecule has 0 spiro atoms. The van der Waals surface area contributed by atoms with Gasteiger partial charge >= 0.3 is 0 Å². The molecule has 2 aromatic rings. The molecule has 6 nitrogen and oxygen atoms in total. The van der Waals surface area contributed by atoms with Crippen molar-refractivity contribution in [1.29, 1.82) is 5.26 Å². The predicted octanol–water partition coefficient (Wildman–Crippen LogP) is 3.34. The van der Waals surface area contributed by atoms with Gasteiger partial charge in [-0.05, 0) is 18.2 Å². The van der Waals surface area contributed by atoms with Gasteiger partial charge in [0.05, 0.1) is 21.9 Å². The Balaban J connectivity index is 2.04. The van der Waals surface area contributed by atoms with Crippen LogP contribution in [0.1, 0.15) is 5.56 Å². The van der Waals surface area contributed by atoms with E-state index in [1.54, 1.807) is 24.3 Å². The monoisotopic (exact) mass is 331 g/mol. The number of benzene rings is 2. The first-order valence-corrected chi connectivity index (χ1v) is 7.35. The highest BCUT2D eigenvalue weighted by atomic mass is 32.2. The summed E-state index contributed by atoms with van der Waals surface area (Å²) >= 11 is 1.02. The van der Waals surface area contributed by atoms with Gasteiger partial charge in [0.15, 0.2) is 0 Å². The number of anilines is 1. The lowest BCUT2D eigenvalue weighted by molar-refractivity contribution is -0.384. The number of thioether (sulfide) groups is 1. The number of carbonyl (C=O) groups excluding carboxylic acids is 1. The number of hydrogen-bond acceptors (Lipinski definition) is 5. The van der Waals surface area contributed by atoms with Crippen LogP contribution in [0.2, 0.25) is 0 Å². The third-order valence-electron chi connectivity index (χ3n) is 2.80. The van der Waals surface area contributed by atoms with Gasteiger partial charge in [0.2, 0.25) is 5.91 Å². The Labute approximate surface area is 135 Å². The molecule has 0 fully saturated rings. The summed E-state index contributed by atoms with van der Waals surface area (Å²) in [6.45, 7) is 0. The van der Waals surface area contributed by atoms with Crippen molar-refractivity contribution >= 4 is 29.0 Å². The van der Waals surface area contributed by atoms with E-state index in [1.165, 1.54) is 18.2 Å². The van der Waals surface area contributed by atoms with Crippen LogP contribution < -0.4 is 5.32 Å². The first kappa shape index (κ1) is 16.5. The molecule has 8 heteroatoms. The fourth-order valence-electron chi connectivity index (χ4n) is 1.74. The summed E-state index contributed by atoms with van der Waals surface area (Å²) in [7, 11) is 0. The van der Waals surface area contributed by atoms with Crippen LogP contribution in [-0.4, -0.2) is 16.6 Å². The van der Waals surface area contributed by atoms with Crippen LogP contribution in [0, 0.1) is 27.3 Å². The van der Waals surface area contributed by atoms with E-state index in [-0.39, 0.29) is 22.7 Å². The molecule has 2 aromatic carbocycles. The van der Waals surface area contributed by atoms with Gasteiger partial charge in [0.25, 0.3) is 5.69 Å². The quantitative estimate of drug-likeness (QED) is 0.515. The zero-order chi connectivity index (χ0) is 16.8. The zero-order valence-electron chi connectivity index (χ0n) is 11.7. The van der Waals surface area contributed by atoms with Crippen LogP contribution in [0.4, 0.5) is 15.8 Å². The Kier molecular flexibility index (Phi) is 5.28. The largest absolute Gasteiger partial charge is 0.324 e. The van der Waals surface area contributed by atoms with Crippen molar-refractivity contribution in [2.24, 2.45) is 0 Å². The molecule has 116 valence electrons. The number of nitriles is 1. The van der Waals surface area contributed by atoms with Crippen LogP contribution in [0.15, 0.2) is 47.4 Å². The van der Waals surface area contributed by atoms with Crippen molar-refractivity contribution in [3.63, 3.8) is 0 Å². The average Bonchev–Trinajstić information content (AvgIpc) is 2.54. The summed E-state index contributed by atoms with van der Waals surface area (Å²) in [4.78, 5) is 22.3. The van der Waals surface area contributed by atoms with Crippen LogP contribution >= 0.6 is 11.8 Å². The maximum atomic E-state index is 13.4. The summed E-state index contributed by atoms with van der Waals surface area (Å²) in [6.07, 6.45) is 0. The van der Waals surface area contributed by atoms with E-state index in [2.05, 4.69) is 5.32 Å². The molecule has 0 unspecified atom stereocenters. The number of rotatable bonds is 5. The van der Waals surface area contributed by atoms with Crippen LogP contribution in [0.5, 0.6) is 0 Å². The number of carbonyl (C=O) groups is 1.